The quantitative estimate of drug-likeness (QED) is 0.740. The number of nitrogens with one attached hydrogen (secondary N) is 2. The Labute approximate surface area is 165 Å². The van der Waals surface area contributed by atoms with Gasteiger partial charge in [-0.2, -0.15) is 0 Å². The number of hydrogen-bond donors (Lipinski definition) is 2. The number of ether oxygens (including phenoxy) is 1. The lowest BCUT2D eigenvalue weighted by atomic mass is 9.86. The van der Waals surface area contributed by atoms with Gasteiger partial charge in [0.15, 0.2) is 12.3 Å². The Morgan fingerprint density at radius 1 is 1.26 bits per heavy atom. The molecule has 27 heavy (non-hydrogen) atoms. The van der Waals surface area contributed by atoms with Crippen LogP contribution in [0.1, 0.15) is 43.1 Å². The van der Waals surface area contributed by atoms with Crippen LogP contribution < -0.4 is 10.6 Å². The molecule has 0 saturated heterocycles. The summed E-state index contributed by atoms with van der Waals surface area (Å²) in [6.07, 6.45) is 4.22. The van der Waals surface area contributed by atoms with Crippen molar-refractivity contribution in [1.82, 2.24) is 15.6 Å². The van der Waals surface area contributed by atoms with Crippen LogP contribution in [0.25, 0.3) is 9.88 Å². The fourth-order valence-electron chi connectivity index (χ4n) is 2.98. The molecule has 0 radical (unpaired) electrons. The molecule has 1 aliphatic carbocycles. The van der Waals surface area contributed by atoms with Crippen LogP contribution in [0.4, 0.5) is 4.79 Å². The van der Waals surface area contributed by atoms with Crippen LogP contribution in [0.5, 0.6) is 0 Å². The zero-order valence-electron chi connectivity index (χ0n) is 14.9. The van der Waals surface area contributed by atoms with Crippen molar-refractivity contribution in [3.63, 3.8) is 0 Å². The van der Waals surface area contributed by atoms with Crippen molar-refractivity contribution in [2.24, 2.45) is 5.92 Å². The Bertz CT molecular complexity index is 803. The average Bonchev–Trinajstić information content (AvgIpc) is 3.33. The maximum absolute atomic E-state index is 12.0. The number of thiazole rings is 1. The van der Waals surface area contributed by atoms with E-state index in [1.807, 2.05) is 17.5 Å². The fraction of sp³-hybridized carbons (Fsp3) is 0.444. The first-order chi connectivity index (χ1) is 13.0. The van der Waals surface area contributed by atoms with Crippen LogP contribution >= 0.6 is 22.7 Å². The molecule has 0 bridgehead atoms. The standard InChI is InChI=1S/C18H21N3O4S2/c1-11-5-2-3-6-12(11)20-18(24)21-15(22)9-25-17(23)13-10-27-16(19-13)14-7-4-8-26-14/h4,7-8,10-12H,2-3,5-6,9H2,1H3,(H2,20,21,22,24)/t11-,12+/m1/s1. The Morgan fingerprint density at radius 2 is 2.07 bits per heavy atom. The summed E-state index contributed by atoms with van der Waals surface area (Å²) < 4.78 is 4.95. The highest BCUT2D eigenvalue weighted by Crippen LogP contribution is 2.28. The predicted molar refractivity (Wildman–Crippen MR) is 104 cm³/mol. The van der Waals surface area contributed by atoms with Gasteiger partial charge in [-0.25, -0.2) is 14.6 Å². The number of imide groups is 1. The second kappa shape index (κ2) is 9.09. The number of hydrogen-bond acceptors (Lipinski definition) is 7. The Kier molecular flexibility index (Phi) is 6.57. The summed E-state index contributed by atoms with van der Waals surface area (Å²) in [6, 6.07) is 3.34. The van der Waals surface area contributed by atoms with Gasteiger partial charge < -0.3 is 10.1 Å². The average molecular weight is 408 g/mol. The highest BCUT2D eigenvalue weighted by molar-refractivity contribution is 7.20. The number of carbonyl (C=O) groups excluding carboxylic acids is 3. The molecule has 9 heteroatoms. The number of esters is 1. The van der Waals surface area contributed by atoms with Gasteiger partial charge in [0, 0.05) is 11.4 Å². The molecule has 0 aliphatic heterocycles. The van der Waals surface area contributed by atoms with Gasteiger partial charge in [-0.1, -0.05) is 25.8 Å². The van der Waals surface area contributed by atoms with Gasteiger partial charge in [-0.05, 0) is 30.2 Å². The van der Waals surface area contributed by atoms with Crippen molar-refractivity contribution >= 4 is 40.6 Å². The minimum atomic E-state index is -0.689. The molecule has 0 aromatic carbocycles. The van der Waals surface area contributed by atoms with Gasteiger partial charge in [-0.3, -0.25) is 10.1 Å². The Morgan fingerprint density at radius 3 is 2.81 bits per heavy atom. The van der Waals surface area contributed by atoms with E-state index in [-0.39, 0.29) is 11.7 Å². The molecule has 2 N–H and O–H groups in total. The van der Waals surface area contributed by atoms with Gasteiger partial charge in [0.2, 0.25) is 0 Å². The molecule has 2 aromatic heterocycles. The zero-order valence-corrected chi connectivity index (χ0v) is 16.5. The number of aromatic nitrogens is 1. The molecule has 2 aromatic rings. The van der Waals surface area contributed by atoms with Crippen molar-refractivity contribution in [3.05, 3.63) is 28.6 Å². The molecule has 144 valence electrons. The number of amides is 3. The number of carbonyl (C=O) groups is 3. The van der Waals surface area contributed by atoms with Crippen molar-refractivity contribution in [1.29, 1.82) is 0 Å². The molecular weight excluding hydrogens is 386 g/mol. The summed E-state index contributed by atoms with van der Waals surface area (Å²) in [6.45, 7) is 1.56. The van der Waals surface area contributed by atoms with Gasteiger partial charge in [0.1, 0.15) is 5.01 Å². The fourth-order valence-corrected chi connectivity index (χ4v) is 4.59. The summed E-state index contributed by atoms with van der Waals surface area (Å²) in [5.41, 5.74) is 0.150. The second-order valence-electron chi connectivity index (χ2n) is 6.48. The second-order valence-corrected chi connectivity index (χ2v) is 8.29. The minimum absolute atomic E-state index is 0.0692. The first kappa shape index (κ1) is 19.5. The maximum Gasteiger partial charge on any atom is 0.358 e. The van der Waals surface area contributed by atoms with E-state index in [0.717, 1.165) is 29.1 Å². The normalized spacial score (nSPS) is 19.3. The van der Waals surface area contributed by atoms with Gasteiger partial charge in [0.05, 0.1) is 4.88 Å². The van der Waals surface area contributed by atoms with E-state index in [1.165, 1.54) is 29.1 Å². The van der Waals surface area contributed by atoms with Crippen LogP contribution in [0.15, 0.2) is 22.9 Å². The van der Waals surface area contributed by atoms with E-state index >= 15 is 0 Å². The Balaban J connectivity index is 1.43. The largest absolute Gasteiger partial charge is 0.451 e. The van der Waals surface area contributed by atoms with Crippen LogP contribution in [0, 0.1) is 5.92 Å². The smallest absolute Gasteiger partial charge is 0.358 e. The lowest BCUT2D eigenvalue weighted by Crippen LogP contribution is -2.48. The molecule has 2 atom stereocenters. The van der Waals surface area contributed by atoms with E-state index in [1.54, 1.807) is 5.38 Å². The molecule has 7 nitrogen and oxygen atoms in total. The summed E-state index contributed by atoms with van der Waals surface area (Å²) in [4.78, 5) is 41.0. The Hall–Kier alpha value is -2.26. The van der Waals surface area contributed by atoms with E-state index in [2.05, 4.69) is 22.5 Å². The number of nitrogens with zero attached hydrogens (tertiary/aromatic N) is 1. The first-order valence-electron chi connectivity index (χ1n) is 8.80. The molecule has 0 unspecified atom stereocenters. The number of urea groups is 1. The molecule has 3 rings (SSSR count). The van der Waals surface area contributed by atoms with Gasteiger partial charge in [-0.15, -0.1) is 22.7 Å². The summed E-state index contributed by atoms with van der Waals surface area (Å²) >= 11 is 2.86. The topological polar surface area (TPSA) is 97.4 Å². The molecule has 0 spiro atoms. The molecule has 1 aliphatic rings. The molecule has 1 saturated carbocycles. The summed E-state index contributed by atoms with van der Waals surface area (Å²) in [5.74, 6) is -0.969. The summed E-state index contributed by atoms with van der Waals surface area (Å²) in [5, 5.41) is 9.26. The number of rotatable bonds is 5. The van der Waals surface area contributed by atoms with Crippen LogP contribution in [-0.2, 0) is 9.53 Å². The van der Waals surface area contributed by atoms with Crippen molar-refractivity contribution in [2.75, 3.05) is 6.61 Å². The third-order valence-electron chi connectivity index (χ3n) is 4.46. The van der Waals surface area contributed by atoms with Gasteiger partial charge >= 0.3 is 12.0 Å². The molecule has 1 fully saturated rings. The third-order valence-corrected chi connectivity index (χ3v) is 6.34. The van der Waals surface area contributed by atoms with E-state index in [9.17, 15) is 14.4 Å². The SMILES string of the molecule is C[C@@H]1CCCC[C@@H]1NC(=O)NC(=O)COC(=O)c1csc(-c2cccs2)n1. The predicted octanol–water partition coefficient (Wildman–Crippen LogP) is 3.43. The van der Waals surface area contributed by atoms with E-state index < -0.39 is 24.5 Å². The van der Waals surface area contributed by atoms with Crippen LogP contribution in [0.2, 0.25) is 0 Å². The first-order valence-corrected chi connectivity index (χ1v) is 10.6. The monoisotopic (exact) mass is 407 g/mol. The third kappa shape index (κ3) is 5.36. The highest BCUT2D eigenvalue weighted by atomic mass is 32.1. The van der Waals surface area contributed by atoms with E-state index in [4.69, 9.17) is 4.74 Å². The summed E-state index contributed by atoms with van der Waals surface area (Å²) in [7, 11) is 0. The zero-order chi connectivity index (χ0) is 19.2. The lowest BCUT2D eigenvalue weighted by molar-refractivity contribution is -0.123. The van der Waals surface area contributed by atoms with E-state index in [0.29, 0.717) is 5.92 Å². The van der Waals surface area contributed by atoms with Crippen LogP contribution in [0.3, 0.4) is 0 Å². The van der Waals surface area contributed by atoms with Crippen molar-refractivity contribution in [2.45, 2.75) is 38.6 Å². The van der Waals surface area contributed by atoms with Crippen molar-refractivity contribution in [3.8, 4) is 9.88 Å². The number of thiophene rings is 1. The van der Waals surface area contributed by atoms with Gasteiger partial charge in [0.25, 0.3) is 5.91 Å². The maximum atomic E-state index is 12.0. The molecule has 3 amide bonds. The highest BCUT2D eigenvalue weighted by Gasteiger charge is 2.23. The van der Waals surface area contributed by atoms with Crippen LogP contribution in [-0.4, -0.2) is 35.5 Å². The molecule has 2 heterocycles. The van der Waals surface area contributed by atoms with Crippen molar-refractivity contribution < 1.29 is 19.1 Å². The minimum Gasteiger partial charge on any atom is -0.451 e. The lowest BCUT2D eigenvalue weighted by Gasteiger charge is -2.29. The molecular formula is C18H21N3O4S2.